The second-order valence-corrected chi connectivity index (χ2v) is 4.51. The van der Waals surface area contributed by atoms with Crippen molar-refractivity contribution in [1.82, 2.24) is 10.2 Å². The summed E-state index contributed by atoms with van der Waals surface area (Å²) < 4.78 is 11.4. The molecule has 0 aliphatic carbocycles. The van der Waals surface area contributed by atoms with E-state index in [1.807, 2.05) is 30.3 Å². The standard InChI is InChI=1S/C13H13N3O4/c17-12-11-8-15(6-7-16(11)14-20-12)13(18)19-9-10-4-2-1-3-5-10/h1-5H,6-9H2/p+1. The molecule has 1 amide bonds. The Bertz CT molecular complexity index is 611. The molecule has 7 nitrogen and oxygen atoms in total. The predicted molar refractivity (Wildman–Crippen MR) is 65.4 cm³/mol. The molecule has 0 atom stereocenters. The van der Waals surface area contributed by atoms with Gasteiger partial charge in [-0.2, -0.15) is 0 Å². The van der Waals surface area contributed by atoms with Crippen LogP contribution in [-0.4, -0.2) is 27.9 Å². The van der Waals surface area contributed by atoms with Crippen molar-refractivity contribution < 1.29 is 23.8 Å². The third-order valence-electron chi connectivity index (χ3n) is 3.17. The number of carbonyl (C=O) groups is 1. The zero-order chi connectivity index (χ0) is 13.9. The average molecular weight is 276 g/mol. The van der Waals surface area contributed by atoms with E-state index in [1.165, 1.54) is 9.58 Å². The molecule has 2 aromatic rings. The third kappa shape index (κ3) is 2.42. The van der Waals surface area contributed by atoms with Crippen LogP contribution in [0.3, 0.4) is 0 Å². The first kappa shape index (κ1) is 12.5. The van der Waals surface area contributed by atoms with Gasteiger partial charge in [0.05, 0.1) is 6.54 Å². The van der Waals surface area contributed by atoms with E-state index in [0.717, 1.165) is 5.56 Å². The smallest absolute Gasteiger partial charge is 0.410 e. The molecular formula is C13H14N3O4+. The molecular weight excluding hydrogens is 262 g/mol. The first-order chi connectivity index (χ1) is 9.74. The number of fused-ring (bicyclic) bond motifs is 1. The monoisotopic (exact) mass is 276 g/mol. The molecule has 104 valence electrons. The number of carbonyl (C=O) groups excluding carboxylic acids is 1. The van der Waals surface area contributed by atoms with Crippen molar-refractivity contribution >= 4 is 6.09 Å². The number of hydrogen-bond donors (Lipinski definition) is 1. The molecule has 1 aliphatic heterocycles. The quantitative estimate of drug-likeness (QED) is 0.821. The van der Waals surface area contributed by atoms with Crippen molar-refractivity contribution in [2.45, 2.75) is 19.7 Å². The maximum atomic E-state index is 12.0. The molecule has 0 saturated heterocycles. The summed E-state index contributed by atoms with van der Waals surface area (Å²) in [6.45, 7) is 1.39. The molecule has 0 radical (unpaired) electrons. The number of rotatable bonds is 2. The molecule has 3 rings (SSSR count). The van der Waals surface area contributed by atoms with E-state index < -0.39 is 6.09 Å². The number of hydrogen-bond acceptors (Lipinski definition) is 5. The molecule has 1 aromatic heterocycles. The lowest BCUT2D eigenvalue weighted by Gasteiger charge is -2.21. The highest BCUT2D eigenvalue weighted by Gasteiger charge is 2.34. The lowest BCUT2D eigenvalue weighted by molar-refractivity contribution is -0.773. The van der Waals surface area contributed by atoms with E-state index in [4.69, 9.17) is 4.74 Å². The Morgan fingerprint density at radius 3 is 3.05 bits per heavy atom. The molecule has 7 heteroatoms. The van der Waals surface area contributed by atoms with Crippen molar-refractivity contribution in [3.05, 3.63) is 41.6 Å². The Morgan fingerprint density at radius 2 is 2.25 bits per heavy atom. The molecule has 1 aliphatic rings. The summed E-state index contributed by atoms with van der Waals surface area (Å²) in [5.41, 5.74) is 1.41. The lowest BCUT2D eigenvalue weighted by atomic mass is 10.2. The molecule has 0 unspecified atom stereocenters. The Morgan fingerprint density at radius 1 is 1.45 bits per heavy atom. The van der Waals surface area contributed by atoms with E-state index in [1.54, 1.807) is 0 Å². The largest absolute Gasteiger partial charge is 0.475 e. The molecule has 1 N–H and O–H groups in total. The minimum atomic E-state index is -0.416. The van der Waals surface area contributed by atoms with E-state index in [-0.39, 0.29) is 19.1 Å². The Hall–Kier alpha value is -2.57. The van der Waals surface area contributed by atoms with Gasteiger partial charge in [0.15, 0.2) is 6.54 Å². The fraction of sp³-hybridized carbons (Fsp3) is 0.308. The van der Waals surface area contributed by atoms with Crippen LogP contribution in [0.15, 0.2) is 34.9 Å². The zero-order valence-electron chi connectivity index (χ0n) is 10.7. The van der Waals surface area contributed by atoms with Crippen molar-refractivity contribution in [3.8, 4) is 5.95 Å². The van der Waals surface area contributed by atoms with Gasteiger partial charge in [0, 0.05) is 0 Å². The Balaban J connectivity index is 1.60. The molecule has 0 spiro atoms. The molecule has 0 saturated carbocycles. The predicted octanol–water partition coefficient (Wildman–Crippen LogP) is 0.820. The zero-order valence-corrected chi connectivity index (χ0v) is 10.7. The van der Waals surface area contributed by atoms with E-state index in [2.05, 4.69) is 9.79 Å². The minimum absolute atomic E-state index is 0.225. The highest BCUT2D eigenvalue weighted by Crippen LogP contribution is 2.17. The summed E-state index contributed by atoms with van der Waals surface area (Å²) in [4.78, 5) is 13.5. The number of aromatic hydroxyl groups is 1. The molecule has 0 fully saturated rings. The first-order valence-electron chi connectivity index (χ1n) is 6.27. The summed E-state index contributed by atoms with van der Waals surface area (Å²) in [7, 11) is 0. The van der Waals surface area contributed by atoms with Crippen molar-refractivity contribution in [2.75, 3.05) is 6.54 Å². The van der Waals surface area contributed by atoms with Crippen LogP contribution in [0.25, 0.3) is 0 Å². The number of aromatic nitrogens is 2. The number of ether oxygens (including phenoxy) is 1. The van der Waals surface area contributed by atoms with Gasteiger partial charge in [-0.05, 0) is 10.2 Å². The summed E-state index contributed by atoms with van der Waals surface area (Å²) in [6.07, 6.45) is -0.416. The van der Waals surface area contributed by atoms with Crippen LogP contribution in [0.2, 0.25) is 0 Å². The summed E-state index contributed by atoms with van der Waals surface area (Å²) in [5.74, 6) is -0.259. The second-order valence-electron chi connectivity index (χ2n) is 4.51. The SMILES string of the molecule is O=C(OCc1ccccc1)N1CC[n+]2noc(O)c2C1. The van der Waals surface area contributed by atoms with Crippen molar-refractivity contribution in [3.63, 3.8) is 0 Å². The first-order valence-corrected chi connectivity index (χ1v) is 6.27. The van der Waals surface area contributed by atoms with Gasteiger partial charge in [-0.25, -0.2) is 4.79 Å². The fourth-order valence-corrected chi connectivity index (χ4v) is 2.07. The van der Waals surface area contributed by atoms with Gasteiger partial charge >= 0.3 is 17.7 Å². The maximum Gasteiger partial charge on any atom is 0.410 e. The topological polar surface area (TPSA) is 79.7 Å². The maximum absolute atomic E-state index is 12.0. The highest BCUT2D eigenvalue weighted by molar-refractivity contribution is 5.67. The Labute approximate surface area is 114 Å². The van der Waals surface area contributed by atoms with Gasteiger partial charge < -0.3 is 9.84 Å². The minimum Gasteiger partial charge on any atom is -0.475 e. The average Bonchev–Trinajstić information content (AvgIpc) is 2.87. The van der Waals surface area contributed by atoms with Gasteiger partial charge in [0.25, 0.3) is 0 Å². The molecule has 1 aromatic carbocycles. The lowest BCUT2D eigenvalue weighted by Crippen LogP contribution is -2.52. The van der Waals surface area contributed by atoms with Crippen LogP contribution in [0.1, 0.15) is 11.3 Å². The molecule has 0 bridgehead atoms. The number of benzene rings is 1. The molecule has 2 heterocycles. The van der Waals surface area contributed by atoms with E-state index in [9.17, 15) is 9.90 Å². The van der Waals surface area contributed by atoms with Gasteiger partial charge in [0.1, 0.15) is 13.2 Å². The van der Waals surface area contributed by atoms with Crippen LogP contribution in [0.5, 0.6) is 5.95 Å². The summed E-state index contributed by atoms with van der Waals surface area (Å²) in [5, 5.41) is 13.1. The van der Waals surface area contributed by atoms with Gasteiger partial charge in [-0.15, -0.1) is 0 Å². The van der Waals surface area contributed by atoms with Gasteiger partial charge in [0.2, 0.25) is 5.27 Å². The van der Waals surface area contributed by atoms with Crippen LogP contribution in [-0.2, 0) is 24.4 Å². The Kier molecular flexibility index (Phi) is 3.24. The highest BCUT2D eigenvalue weighted by atomic mass is 16.6. The summed E-state index contributed by atoms with van der Waals surface area (Å²) in [6, 6.07) is 9.47. The normalized spacial score (nSPS) is 13.9. The van der Waals surface area contributed by atoms with Gasteiger partial charge in [-0.1, -0.05) is 30.3 Å². The van der Waals surface area contributed by atoms with Crippen LogP contribution in [0, 0.1) is 0 Å². The van der Waals surface area contributed by atoms with E-state index >= 15 is 0 Å². The number of nitrogens with zero attached hydrogens (tertiary/aromatic N) is 3. The van der Waals surface area contributed by atoms with Crippen molar-refractivity contribution in [2.24, 2.45) is 0 Å². The van der Waals surface area contributed by atoms with Crippen LogP contribution in [0.4, 0.5) is 4.79 Å². The fourth-order valence-electron chi connectivity index (χ4n) is 2.07. The van der Waals surface area contributed by atoms with E-state index in [0.29, 0.717) is 18.8 Å². The molecule has 20 heavy (non-hydrogen) atoms. The van der Waals surface area contributed by atoms with Crippen molar-refractivity contribution in [1.29, 1.82) is 0 Å². The van der Waals surface area contributed by atoms with Crippen LogP contribution < -0.4 is 4.68 Å². The van der Waals surface area contributed by atoms with Gasteiger partial charge in [-0.3, -0.25) is 9.42 Å². The van der Waals surface area contributed by atoms with Crippen LogP contribution >= 0.6 is 0 Å². The summed E-state index contributed by atoms with van der Waals surface area (Å²) >= 11 is 0. The number of amides is 1. The third-order valence-corrected chi connectivity index (χ3v) is 3.17. The second kappa shape index (κ2) is 5.20.